The van der Waals surface area contributed by atoms with Gasteiger partial charge in [-0.1, -0.05) is 61.9 Å². The van der Waals surface area contributed by atoms with Crippen molar-refractivity contribution < 1.29 is 5.11 Å². The Hall–Kier alpha value is -2.54. The smallest absolute Gasteiger partial charge is 0.124 e. The average Bonchev–Trinajstić information content (AvgIpc) is 2.59. The van der Waals surface area contributed by atoms with Crippen LogP contribution in [0.4, 0.5) is 0 Å². The molecule has 24 heavy (non-hydrogen) atoms. The van der Waals surface area contributed by atoms with Gasteiger partial charge in [-0.3, -0.25) is 0 Å². The minimum atomic E-state index is 0.393. The largest absolute Gasteiger partial charge is 0.507 e. The zero-order valence-corrected chi connectivity index (χ0v) is 14.3. The van der Waals surface area contributed by atoms with Crippen molar-refractivity contribution in [3.63, 3.8) is 0 Å². The Bertz CT molecular complexity index is 1060. The lowest BCUT2D eigenvalue weighted by atomic mass is 9.89. The SMILES string of the molecule is CCCCc1cccc2c3ccccc3c3cc(C)cc(O)c3c12. The summed E-state index contributed by atoms with van der Waals surface area (Å²) >= 11 is 0. The maximum Gasteiger partial charge on any atom is 0.124 e. The second kappa shape index (κ2) is 5.83. The molecule has 1 nitrogen and oxygen atoms in total. The first-order chi connectivity index (χ1) is 11.7. The van der Waals surface area contributed by atoms with E-state index in [0.717, 1.165) is 22.8 Å². The van der Waals surface area contributed by atoms with Crippen molar-refractivity contribution in [2.24, 2.45) is 0 Å². The fourth-order valence-electron chi connectivity index (χ4n) is 3.89. The second-order valence-electron chi connectivity index (χ2n) is 6.70. The topological polar surface area (TPSA) is 20.2 Å². The molecule has 0 amide bonds. The number of phenols is 1. The molecule has 0 fully saturated rings. The maximum absolute atomic E-state index is 10.8. The Balaban J connectivity index is 2.28. The van der Waals surface area contributed by atoms with Gasteiger partial charge in [0.2, 0.25) is 0 Å². The van der Waals surface area contributed by atoms with Crippen molar-refractivity contribution in [2.45, 2.75) is 33.1 Å². The average molecular weight is 314 g/mol. The first kappa shape index (κ1) is 15.0. The van der Waals surface area contributed by atoms with E-state index in [4.69, 9.17) is 0 Å². The molecule has 0 spiro atoms. The van der Waals surface area contributed by atoms with Crippen LogP contribution >= 0.6 is 0 Å². The first-order valence-electron chi connectivity index (χ1n) is 8.76. The molecule has 1 heteroatoms. The highest BCUT2D eigenvalue weighted by Gasteiger charge is 2.14. The van der Waals surface area contributed by atoms with Gasteiger partial charge in [0.25, 0.3) is 0 Å². The normalized spacial score (nSPS) is 11.6. The van der Waals surface area contributed by atoms with Gasteiger partial charge in [0, 0.05) is 5.39 Å². The van der Waals surface area contributed by atoms with Crippen LogP contribution in [0.5, 0.6) is 5.75 Å². The number of hydrogen-bond acceptors (Lipinski definition) is 1. The third-order valence-electron chi connectivity index (χ3n) is 4.97. The molecule has 0 aliphatic rings. The summed E-state index contributed by atoms with van der Waals surface area (Å²) in [4.78, 5) is 0. The zero-order valence-electron chi connectivity index (χ0n) is 14.3. The molecule has 0 heterocycles. The fourth-order valence-corrected chi connectivity index (χ4v) is 3.89. The van der Waals surface area contributed by atoms with Gasteiger partial charge in [-0.15, -0.1) is 0 Å². The van der Waals surface area contributed by atoms with Crippen LogP contribution in [0.15, 0.2) is 54.6 Å². The van der Waals surface area contributed by atoms with Gasteiger partial charge in [-0.25, -0.2) is 0 Å². The molecule has 1 N–H and O–H groups in total. The van der Waals surface area contributed by atoms with E-state index in [9.17, 15) is 5.11 Å². The van der Waals surface area contributed by atoms with E-state index in [-0.39, 0.29) is 0 Å². The van der Waals surface area contributed by atoms with Crippen LogP contribution in [0.25, 0.3) is 32.3 Å². The summed E-state index contributed by atoms with van der Waals surface area (Å²) in [5, 5.41) is 17.9. The summed E-state index contributed by atoms with van der Waals surface area (Å²) in [6.07, 6.45) is 3.39. The summed E-state index contributed by atoms with van der Waals surface area (Å²) < 4.78 is 0. The van der Waals surface area contributed by atoms with Crippen molar-refractivity contribution in [1.29, 1.82) is 0 Å². The molecule has 0 radical (unpaired) electrons. The van der Waals surface area contributed by atoms with Gasteiger partial charge in [-0.05, 0) is 63.9 Å². The van der Waals surface area contributed by atoms with Crippen LogP contribution in [-0.2, 0) is 6.42 Å². The monoisotopic (exact) mass is 314 g/mol. The molecule has 4 rings (SSSR count). The van der Waals surface area contributed by atoms with Crippen molar-refractivity contribution >= 4 is 32.3 Å². The van der Waals surface area contributed by atoms with Crippen LogP contribution in [-0.4, -0.2) is 5.11 Å². The number of unbranched alkanes of at least 4 members (excludes halogenated alkanes) is 1. The summed E-state index contributed by atoms with van der Waals surface area (Å²) in [6, 6.07) is 19.2. The number of benzene rings is 4. The lowest BCUT2D eigenvalue weighted by Gasteiger charge is -2.15. The quantitative estimate of drug-likeness (QED) is 0.428. The van der Waals surface area contributed by atoms with Crippen molar-refractivity contribution in [3.05, 3.63) is 65.7 Å². The molecule has 0 atom stereocenters. The fraction of sp³-hybridized carbons (Fsp3) is 0.217. The molecule has 4 aromatic carbocycles. The van der Waals surface area contributed by atoms with Gasteiger partial charge in [-0.2, -0.15) is 0 Å². The Labute approximate surface area is 142 Å². The van der Waals surface area contributed by atoms with Gasteiger partial charge in [0.1, 0.15) is 5.75 Å². The molecule has 0 aromatic heterocycles. The van der Waals surface area contributed by atoms with E-state index in [1.54, 1.807) is 0 Å². The molecule has 0 unspecified atom stereocenters. The standard InChI is InChI=1S/C23H22O/c1-3-4-8-16-9-7-12-19-17-10-5-6-11-18(17)20-13-15(2)14-21(24)23(20)22(16)19/h5-7,9-14,24H,3-4,8H2,1-2H3. The van der Waals surface area contributed by atoms with Crippen LogP contribution in [0.1, 0.15) is 30.9 Å². The van der Waals surface area contributed by atoms with Crippen LogP contribution in [0.3, 0.4) is 0 Å². The second-order valence-corrected chi connectivity index (χ2v) is 6.70. The molecule has 0 saturated carbocycles. The predicted octanol–water partition coefficient (Wildman–Crippen LogP) is 6.50. The van der Waals surface area contributed by atoms with Crippen molar-refractivity contribution in [2.75, 3.05) is 0 Å². The summed E-state index contributed by atoms with van der Waals surface area (Å²) in [7, 11) is 0. The number of aryl methyl sites for hydroxylation is 2. The van der Waals surface area contributed by atoms with Gasteiger partial charge >= 0.3 is 0 Å². The Morgan fingerprint density at radius 1 is 0.792 bits per heavy atom. The number of rotatable bonds is 3. The maximum atomic E-state index is 10.8. The molecule has 120 valence electrons. The molecular formula is C23H22O. The molecule has 0 aliphatic heterocycles. The number of phenolic OH excluding ortho intramolecular Hbond substituents is 1. The van der Waals surface area contributed by atoms with Crippen molar-refractivity contribution in [3.8, 4) is 5.75 Å². The third-order valence-corrected chi connectivity index (χ3v) is 4.97. The van der Waals surface area contributed by atoms with Crippen LogP contribution < -0.4 is 0 Å². The van der Waals surface area contributed by atoms with Gasteiger partial charge in [0.05, 0.1) is 0 Å². The molecule has 0 saturated heterocycles. The van der Waals surface area contributed by atoms with E-state index >= 15 is 0 Å². The van der Waals surface area contributed by atoms with E-state index in [2.05, 4.69) is 55.5 Å². The number of fused-ring (bicyclic) bond motifs is 6. The third kappa shape index (κ3) is 2.24. The van der Waals surface area contributed by atoms with E-state index < -0.39 is 0 Å². The highest BCUT2D eigenvalue weighted by molar-refractivity contribution is 6.27. The van der Waals surface area contributed by atoms with Gasteiger partial charge < -0.3 is 5.11 Å². The Morgan fingerprint density at radius 3 is 2.25 bits per heavy atom. The highest BCUT2D eigenvalue weighted by Crippen LogP contribution is 2.41. The Morgan fingerprint density at radius 2 is 1.50 bits per heavy atom. The lowest BCUT2D eigenvalue weighted by Crippen LogP contribution is -1.91. The molecule has 0 bridgehead atoms. The van der Waals surface area contributed by atoms with E-state index in [1.807, 2.05) is 13.0 Å². The first-order valence-corrected chi connectivity index (χ1v) is 8.76. The van der Waals surface area contributed by atoms with E-state index in [0.29, 0.717) is 5.75 Å². The summed E-state index contributed by atoms with van der Waals surface area (Å²) in [5.41, 5.74) is 2.43. The molecule has 4 aromatic rings. The van der Waals surface area contributed by atoms with E-state index in [1.165, 1.54) is 39.9 Å². The highest BCUT2D eigenvalue weighted by atomic mass is 16.3. The molecular weight excluding hydrogens is 292 g/mol. The Kier molecular flexibility index (Phi) is 3.65. The summed E-state index contributed by atoms with van der Waals surface area (Å²) in [5.74, 6) is 0.393. The number of aromatic hydroxyl groups is 1. The molecule has 0 aliphatic carbocycles. The van der Waals surface area contributed by atoms with Gasteiger partial charge in [0.15, 0.2) is 0 Å². The minimum absolute atomic E-state index is 0.393. The lowest BCUT2D eigenvalue weighted by molar-refractivity contribution is 0.481. The van der Waals surface area contributed by atoms with Crippen LogP contribution in [0, 0.1) is 6.92 Å². The zero-order chi connectivity index (χ0) is 16.7. The predicted molar refractivity (Wildman–Crippen MR) is 104 cm³/mol. The number of hydrogen-bond donors (Lipinski definition) is 1. The summed E-state index contributed by atoms with van der Waals surface area (Å²) in [6.45, 7) is 4.26. The van der Waals surface area contributed by atoms with Crippen LogP contribution in [0.2, 0.25) is 0 Å². The minimum Gasteiger partial charge on any atom is -0.507 e. The van der Waals surface area contributed by atoms with Crippen molar-refractivity contribution in [1.82, 2.24) is 0 Å².